The fourth-order valence-electron chi connectivity index (χ4n) is 3.32. The van der Waals surface area contributed by atoms with Crippen molar-refractivity contribution in [1.82, 2.24) is 0 Å². The average Bonchev–Trinajstić information content (AvgIpc) is 2.80. The number of carbonyl (C=O) groups is 4. The summed E-state index contributed by atoms with van der Waals surface area (Å²) in [5.41, 5.74) is 0.881. The lowest BCUT2D eigenvalue weighted by atomic mass is 9.83. The van der Waals surface area contributed by atoms with Gasteiger partial charge in [0.15, 0.2) is 11.5 Å². The zero-order valence-electron chi connectivity index (χ0n) is 20.0. The number of benzene rings is 1. The highest BCUT2D eigenvalue weighted by molar-refractivity contribution is 6.33. The monoisotopic (exact) mass is 466 g/mol. The van der Waals surface area contributed by atoms with Crippen LogP contribution in [-0.4, -0.2) is 58.0 Å². The largest absolute Gasteiger partial charge is 0.493 e. The molecule has 1 aliphatic rings. The van der Waals surface area contributed by atoms with Gasteiger partial charge in [0.05, 0.1) is 20.3 Å². The van der Waals surface area contributed by atoms with Crippen molar-refractivity contribution in [3.63, 3.8) is 0 Å². The average molecular weight is 467 g/mol. The number of hydrogen-bond donors (Lipinski definition) is 0. The number of carbonyl (C=O) groups excluding carboxylic acids is 4. The van der Waals surface area contributed by atoms with Crippen molar-refractivity contribution in [3.8, 4) is 11.5 Å². The molecule has 0 aromatic heterocycles. The number of Topliss-reactive ketones (excluding diaryl/α,β-unsaturated/α-hetero) is 2. The lowest BCUT2D eigenvalue weighted by Gasteiger charge is -2.27. The van der Waals surface area contributed by atoms with Crippen molar-refractivity contribution < 1.29 is 42.9 Å². The first-order valence-electron chi connectivity index (χ1n) is 10.8. The number of ketones is 2. The van der Waals surface area contributed by atoms with Gasteiger partial charge in [0, 0.05) is 34.7 Å². The fraction of sp³-hybridized carbons (Fsp3) is 0.583. The van der Waals surface area contributed by atoms with Gasteiger partial charge in [-0.05, 0) is 55.2 Å². The van der Waals surface area contributed by atoms with Crippen molar-refractivity contribution in [2.24, 2.45) is 11.8 Å². The molecule has 0 unspecified atom stereocenters. The zero-order valence-corrected chi connectivity index (χ0v) is 20.0. The Morgan fingerprint density at radius 2 is 1.36 bits per heavy atom. The summed E-state index contributed by atoms with van der Waals surface area (Å²) in [5, 5.41) is 0. The summed E-state index contributed by atoms with van der Waals surface area (Å²) in [6.07, 6.45) is 4.35. The molecule has 9 heteroatoms. The highest BCUT2D eigenvalue weighted by Crippen LogP contribution is 2.29. The molecule has 1 fully saturated rings. The number of rotatable bonds is 10. The fourth-order valence-corrected chi connectivity index (χ4v) is 3.32. The molecule has 1 saturated carbocycles. The van der Waals surface area contributed by atoms with E-state index in [0.29, 0.717) is 30.8 Å². The molecular weight excluding hydrogens is 432 g/mol. The van der Waals surface area contributed by atoms with E-state index in [1.165, 1.54) is 14.0 Å². The van der Waals surface area contributed by atoms with Gasteiger partial charge in [-0.15, -0.1) is 0 Å². The summed E-state index contributed by atoms with van der Waals surface area (Å²) in [7, 11) is 4.76. The highest BCUT2D eigenvalue weighted by Gasteiger charge is 2.22. The second kappa shape index (κ2) is 15.1. The maximum atomic E-state index is 11.1. The molecule has 1 aromatic carbocycles. The van der Waals surface area contributed by atoms with E-state index in [2.05, 4.69) is 0 Å². The Hall–Kier alpha value is -2.78. The Balaban J connectivity index is 0.000000331. The molecule has 0 heterocycles. The van der Waals surface area contributed by atoms with Crippen LogP contribution in [0.1, 0.15) is 45.1 Å². The maximum Gasteiger partial charge on any atom is 0.379 e. The summed E-state index contributed by atoms with van der Waals surface area (Å²) >= 11 is 0. The molecule has 0 N–H and O–H groups in total. The smallest absolute Gasteiger partial charge is 0.379 e. The van der Waals surface area contributed by atoms with E-state index < -0.39 is 23.5 Å². The topological polar surface area (TPSA) is 114 Å². The molecule has 0 radical (unpaired) electrons. The van der Waals surface area contributed by atoms with E-state index >= 15 is 0 Å². The Morgan fingerprint density at radius 3 is 1.85 bits per heavy atom. The lowest BCUT2D eigenvalue weighted by molar-refractivity contribution is -0.154. The van der Waals surface area contributed by atoms with Crippen molar-refractivity contribution in [1.29, 1.82) is 0 Å². The minimum atomic E-state index is -0.914. The number of methoxy groups -OCH3 is 3. The molecule has 0 aliphatic heterocycles. The number of esters is 2. The van der Waals surface area contributed by atoms with Gasteiger partial charge in [-0.1, -0.05) is 6.07 Å². The van der Waals surface area contributed by atoms with Crippen molar-refractivity contribution in [3.05, 3.63) is 23.8 Å². The van der Waals surface area contributed by atoms with Crippen LogP contribution in [0.25, 0.3) is 0 Å². The molecule has 0 spiro atoms. The van der Waals surface area contributed by atoms with Crippen molar-refractivity contribution >= 4 is 23.5 Å². The van der Waals surface area contributed by atoms with Crippen LogP contribution in [0, 0.1) is 11.8 Å². The molecule has 2 rings (SSSR count). The van der Waals surface area contributed by atoms with Gasteiger partial charge >= 0.3 is 11.9 Å². The van der Waals surface area contributed by atoms with E-state index in [-0.39, 0.29) is 5.75 Å². The van der Waals surface area contributed by atoms with E-state index in [0.717, 1.165) is 44.8 Å². The third-order valence-corrected chi connectivity index (χ3v) is 5.14. The van der Waals surface area contributed by atoms with Crippen LogP contribution in [0.3, 0.4) is 0 Å². The standard InChI is InChI=1S/C12H14O5.C12H20O4/c1-8(13)12(14)17-10-5-4-9(7-15-2)6-11(10)16-3;1-9(13)12(14)16-8-11-5-3-10(4-6-11)7-15-2/h4-6H,7H2,1-3H3;10-11H,3-8H2,1-2H3. The molecular formula is C24H34O9. The third-order valence-electron chi connectivity index (χ3n) is 5.14. The van der Waals surface area contributed by atoms with Crippen LogP contribution in [0.15, 0.2) is 18.2 Å². The van der Waals surface area contributed by atoms with Gasteiger partial charge in [0.25, 0.3) is 0 Å². The second-order valence-corrected chi connectivity index (χ2v) is 7.86. The molecule has 1 aliphatic carbocycles. The van der Waals surface area contributed by atoms with Gasteiger partial charge < -0.3 is 23.7 Å². The molecule has 9 nitrogen and oxygen atoms in total. The normalized spacial score (nSPS) is 17.2. The Bertz CT molecular complexity index is 795. The first kappa shape index (κ1) is 28.3. The van der Waals surface area contributed by atoms with Gasteiger partial charge in [0.2, 0.25) is 11.6 Å². The summed E-state index contributed by atoms with van der Waals surface area (Å²) in [5.74, 6) is -1.15. The Labute approximate surface area is 194 Å². The molecule has 184 valence electrons. The minimum Gasteiger partial charge on any atom is -0.493 e. The van der Waals surface area contributed by atoms with Crippen molar-refractivity contribution in [2.75, 3.05) is 34.5 Å². The Morgan fingerprint density at radius 1 is 0.788 bits per heavy atom. The third kappa shape index (κ3) is 10.6. The zero-order chi connectivity index (χ0) is 24.8. The molecule has 0 amide bonds. The first-order valence-corrected chi connectivity index (χ1v) is 10.8. The predicted molar refractivity (Wildman–Crippen MR) is 119 cm³/mol. The SMILES string of the molecule is COCC1CCC(COC(=O)C(C)=O)CC1.COCc1ccc(OC(=O)C(C)=O)c(OC)c1. The van der Waals surface area contributed by atoms with Gasteiger partial charge in [-0.3, -0.25) is 9.59 Å². The molecule has 33 heavy (non-hydrogen) atoms. The molecule has 0 atom stereocenters. The van der Waals surface area contributed by atoms with E-state index in [1.54, 1.807) is 32.4 Å². The van der Waals surface area contributed by atoms with Crippen LogP contribution in [-0.2, 0) is 40.0 Å². The van der Waals surface area contributed by atoms with Crippen LogP contribution in [0.2, 0.25) is 0 Å². The van der Waals surface area contributed by atoms with Crippen LogP contribution < -0.4 is 9.47 Å². The predicted octanol–water partition coefficient (Wildman–Crippen LogP) is 2.91. The first-order chi connectivity index (χ1) is 15.7. The summed E-state index contributed by atoms with van der Waals surface area (Å²) in [4.78, 5) is 43.5. The van der Waals surface area contributed by atoms with E-state index in [1.807, 2.05) is 0 Å². The van der Waals surface area contributed by atoms with E-state index in [4.69, 9.17) is 23.7 Å². The summed E-state index contributed by atoms with van der Waals surface area (Å²) < 4.78 is 24.9. The lowest BCUT2D eigenvalue weighted by Crippen LogP contribution is -2.24. The quantitative estimate of drug-likeness (QED) is 0.292. The molecule has 1 aromatic rings. The van der Waals surface area contributed by atoms with Gasteiger partial charge in [-0.2, -0.15) is 0 Å². The van der Waals surface area contributed by atoms with Crippen LogP contribution in [0.4, 0.5) is 0 Å². The van der Waals surface area contributed by atoms with Crippen molar-refractivity contribution in [2.45, 2.75) is 46.1 Å². The Kier molecular flexibility index (Phi) is 13.0. The summed E-state index contributed by atoms with van der Waals surface area (Å²) in [6, 6.07) is 4.98. The summed E-state index contributed by atoms with van der Waals surface area (Å²) in [6.45, 7) is 4.02. The van der Waals surface area contributed by atoms with Crippen LogP contribution >= 0.6 is 0 Å². The number of ether oxygens (including phenoxy) is 5. The highest BCUT2D eigenvalue weighted by atomic mass is 16.6. The van der Waals surface area contributed by atoms with Crippen LogP contribution in [0.5, 0.6) is 11.5 Å². The molecule has 0 saturated heterocycles. The maximum absolute atomic E-state index is 11.1. The van der Waals surface area contributed by atoms with E-state index in [9.17, 15) is 19.2 Å². The molecule has 0 bridgehead atoms. The van der Waals surface area contributed by atoms with Gasteiger partial charge in [0.1, 0.15) is 0 Å². The van der Waals surface area contributed by atoms with Gasteiger partial charge in [-0.25, -0.2) is 9.59 Å². The number of hydrogen-bond acceptors (Lipinski definition) is 9. The minimum absolute atomic E-state index is 0.215. The second-order valence-electron chi connectivity index (χ2n) is 7.86.